The fourth-order valence-corrected chi connectivity index (χ4v) is 2.95. The van der Waals surface area contributed by atoms with Crippen LogP contribution in [0.3, 0.4) is 0 Å². The van der Waals surface area contributed by atoms with Gasteiger partial charge in [-0.1, -0.05) is 0 Å². The molecule has 120 valence electrons. The van der Waals surface area contributed by atoms with Crippen LogP contribution in [-0.4, -0.2) is 29.4 Å². The van der Waals surface area contributed by atoms with Crippen LogP contribution < -0.4 is 11.1 Å². The van der Waals surface area contributed by atoms with Crippen LogP contribution in [0, 0.1) is 6.92 Å². The van der Waals surface area contributed by atoms with Crippen molar-refractivity contribution in [3.8, 4) is 0 Å². The zero-order valence-corrected chi connectivity index (χ0v) is 13.7. The van der Waals surface area contributed by atoms with Crippen molar-refractivity contribution in [3.63, 3.8) is 0 Å². The Bertz CT molecular complexity index is 764. The number of anilines is 1. The zero-order valence-electron chi connectivity index (χ0n) is 12.1. The summed E-state index contributed by atoms with van der Waals surface area (Å²) in [6, 6.07) is 1.51. The Balaban J connectivity index is 1.82. The number of hydrogen-bond donors (Lipinski definition) is 2. The third-order valence-electron chi connectivity index (χ3n) is 2.56. The van der Waals surface area contributed by atoms with Crippen LogP contribution in [0.15, 0.2) is 22.9 Å². The average Bonchev–Trinajstić information content (AvgIpc) is 3.12. The van der Waals surface area contributed by atoms with Gasteiger partial charge in [0.15, 0.2) is 6.61 Å². The molecular formula is C14H13N3O4S2. The van der Waals surface area contributed by atoms with Gasteiger partial charge in [0, 0.05) is 11.5 Å². The number of nitrogens with two attached hydrogens (primary N) is 1. The molecule has 0 aliphatic heterocycles. The van der Waals surface area contributed by atoms with Gasteiger partial charge in [0.05, 0.1) is 16.3 Å². The van der Waals surface area contributed by atoms with Crippen molar-refractivity contribution < 1.29 is 19.1 Å². The maximum absolute atomic E-state index is 11.7. The minimum absolute atomic E-state index is 0.216. The highest BCUT2D eigenvalue weighted by molar-refractivity contribution is 7.14. The van der Waals surface area contributed by atoms with Crippen LogP contribution in [0.5, 0.6) is 0 Å². The molecule has 0 spiro atoms. The molecule has 0 bridgehead atoms. The van der Waals surface area contributed by atoms with Crippen molar-refractivity contribution >= 4 is 51.5 Å². The quantitative estimate of drug-likeness (QED) is 0.609. The van der Waals surface area contributed by atoms with Gasteiger partial charge in [-0.15, -0.1) is 22.7 Å². The summed E-state index contributed by atoms with van der Waals surface area (Å²) in [5.41, 5.74) is 6.04. The number of hydrogen-bond acceptors (Lipinski definition) is 7. The molecule has 0 unspecified atom stereocenters. The van der Waals surface area contributed by atoms with Gasteiger partial charge in [0.1, 0.15) is 5.00 Å². The number of nitrogens with zero attached hydrogens (tertiary/aromatic N) is 1. The molecule has 0 aliphatic rings. The molecule has 0 aliphatic carbocycles. The van der Waals surface area contributed by atoms with E-state index in [2.05, 4.69) is 10.3 Å². The fourth-order valence-electron chi connectivity index (χ4n) is 1.56. The molecule has 2 heterocycles. The number of rotatable bonds is 6. The normalized spacial score (nSPS) is 10.7. The van der Waals surface area contributed by atoms with Crippen LogP contribution in [0.25, 0.3) is 6.08 Å². The van der Waals surface area contributed by atoms with E-state index in [1.807, 2.05) is 6.92 Å². The lowest BCUT2D eigenvalue weighted by Crippen LogP contribution is -2.21. The Hall–Kier alpha value is -2.52. The Morgan fingerprint density at radius 1 is 1.39 bits per heavy atom. The van der Waals surface area contributed by atoms with Crippen molar-refractivity contribution in [1.29, 1.82) is 0 Å². The summed E-state index contributed by atoms with van der Waals surface area (Å²) in [5.74, 6) is -1.85. The van der Waals surface area contributed by atoms with E-state index in [9.17, 15) is 14.4 Å². The van der Waals surface area contributed by atoms with Gasteiger partial charge in [0.25, 0.3) is 11.8 Å². The summed E-state index contributed by atoms with van der Waals surface area (Å²) in [7, 11) is 0. The van der Waals surface area contributed by atoms with Crippen LogP contribution in [0.4, 0.5) is 5.00 Å². The number of aryl methyl sites for hydroxylation is 1. The Kier molecular flexibility index (Phi) is 5.61. The first-order chi connectivity index (χ1) is 11.0. The molecule has 23 heavy (non-hydrogen) atoms. The number of thiophene rings is 1. The number of nitrogens with one attached hydrogen (secondary N) is 1. The number of esters is 1. The Labute approximate surface area is 139 Å². The van der Waals surface area contributed by atoms with Gasteiger partial charge in [-0.05, 0) is 24.4 Å². The topological polar surface area (TPSA) is 111 Å². The standard InChI is InChI=1S/C14H13N3O4S2/c1-8-16-9(7-23-8)2-3-12(19)21-6-11(18)17-14-10(13(15)20)4-5-22-14/h2-5,7H,6H2,1H3,(H2,15,20)(H,17,18)/b3-2+. The van der Waals surface area contributed by atoms with Crippen LogP contribution in [0.2, 0.25) is 0 Å². The summed E-state index contributed by atoms with van der Waals surface area (Å²) in [4.78, 5) is 38.5. The highest BCUT2D eigenvalue weighted by Crippen LogP contribution is 2.22. The second-order valence-electron chi connectivity index (χ2n) is 4.31. The van der Waals surface area contributed by atoms with Gasteiger partial charge in [-0.25, -0.2) is 9.78 Å². The second-order valence-corrected chi connectivity index (χ2v) is 6.29. The fraction of sp³-hybridized carbons (Fsp3) is 0.143. The minimum Gasteiger partial charge on any atom is -0.452 e. The first-order valence-corrected chi connectivity index (χ1v) is 8.15. The summed E-state index contributed by atoms with van der Waals surface area (Å²) in [6.07, 6.45) is 2.70. The van der Waals surface area contributed by atoms with E-state index in [-0.39, 0.29) is 5.56 Å². The molecule has 2 aromatic rings. The number of amides is 2. The number of thiazole rings is 1. The molecular weight excluding hydrogens is 338 g/mol. The van der Waals surface area contributed by atoms with Crippen LogP contribution in [-0.2, 0) is 14.3 Å². The molecule has 7 nitrogen and oxygen atoms in total. The number of carbonyl (C=O) groups is 3. The first kappa shape index (κ1) is 16.8. The summed E-state index contributed by atoms with van der Waals surface area (Å²) in [6.45, 7) is 1.39. The summed E-state index contributed by atoms with van der Waals surface area (Å²) >= 11 is 2.62. The van der Waals surface area contributed by atoms with Crippen molar-refractivity contribution in [3.05, 3.63) is 39.2 Å². The van der Waals surface area contributed by atoms with Crippen molar-refractivity contribution in [2.75, 3.05) is 11.9 Å². The second kappa shape index (κ2) is 7.65. The maximum Gasteiger partial charge on any atom is 0.331 e. The van der Waals surface area contributed by atoms with Crippen molar-refractivity contribution in [1.82, 2.24) is 4.98 Å². The summed E-state index contributed by atoms with van der Waals surface area (Å²) < 4.78 is 4.81. The van der Waals surface area contributed by atoms with E-state index in [0.29, 0.717) is 10.7 Å². The molecule has 0 fully saturated rings. The molecule has 2 amide bonds. The molecule has 0 saturated carbocycles. The van der Waals surface area contributed by atoms with Gasteiger partial charge in [-0.3, -0.25) is 9.59 Å². The highest BCUT2D eigenvalue weighted by atomic mass is 32.1. The minimum atomic E-state index is -0.660. The van der Waals surface area contributed by atoms with Gasteiger partial charge in [0.2, 0.25) is 0 Å². The molecule has 0 radical (unpaired) electrons. The van der Waals surface area contributed by atoms with E-state index in [4.69, 9.17) is 10.5 Å². The highest BCUT2D eigenvalue weighted by Gasteiger charge is 2.13. The third-order valence-corrected chi connectivity index (χ3v) is 4.18. The lowest BCUT2D eigenvalue weighted by Gasteiger charge is -2.04. The Morgan fingerprint density at radius 3 is 2.83 bits per heavy atom. The van der Waals surface area contributed by atoms with Crippen LogP contribution >= 0.6 is 22.7 Å². The van der Waals surface area contributed by atoms with E-state index in [1.165, 1.54) is 29.6 Å². The zero-order chi connectivity index (χ0) is 16.8. The van der Waals surface area contributed by atoms with E-state index >= 15 is 0 Å². The van der Waals surface area contributed by atoms with Crippen LogP contribution in [0.1, 0.15) is 21.1 Å². The SMILES string of the molecule is Cc1nc(/C=C/C(=O)OCC(=O)Nc2sccc2C(N)=O)cs1. The van der Waals surface area contributed by atoms with E-state index in [1.54, 1.807) is 10.8 Å². The average molecular weight is 351 g/mol. The van der Waals surface area contributed by atoms with E-state index in [0.717, 1.165) is 16.3 Å². The number of ether oxygens (including phenoxy) is 1. The van der Waals surface area contributed by atoms with Crippen molar-refractivity contribution in [2.45, 2.75) is 6.92 Å². The molecule has 0 saturated heterocycles. The predicted octanol–water partition coefficient (Wildman–Crippen LogP) is 1.81. The number of aromatic nitrogens is 1. The number of carbonyl (C=O) groups excluding carboxylic acids is 3. The monoisotopic (exact) mass is 351 g/mol. The summed E-state index contributed by atoms with van der Waals surface area (Å²) in [5, 5.41) is 7.11. The molecule has 2 rings (SSSR count). The maximum atomic E-state index is 11.7. The lowest BCUT2D eigenvalue weighted by atomic mass is 10.3. The van der Waals surface area contributed by atoms with Gasteiger partial charge >= 0.3 is 5.97 Å². The molecule has 3 N–H and O–H groups in total. The first-order valence-electron chi connectivity index (χ1n) is 6.40. The van der Waals surface area contributed by atoms with Gasteiger partial charge in [-0.2, -0.15) is 0 Å². The smallest absolute Gasteiger partial charge is 0.331 e. The van der Waals surface area contributed by atoms with Crippen molar-refractivity contribution in [2.24, 2.45) is 5.73 Å². The predicted molar refractivity (Wildman–Crippen MR) is 88.3 cm³/mol. The van der Waals surface area contributed by atoms with Gasteiger partial charge < -0.3 is 15.8 Å². The lowest BCUT2D eigenvalue weighted by molar-refractivity contribution is -0.142. The molecule has 0 aromatic carbocycles. The largest absolute Gasteiger partial charge is 0.452 e. The number of primary amides is 1. The molecule has 0 atom stereocenters. The molecule has 9 heteroatoms. The Morgan fingerprint density at radius 2 is 2.17 bits per heavy atom. The third kappa shape index (κ3) is 5.01. The van der Waals surface area contributed by atoms with E-state index < -0.39 is 24.4 Å². The molecule has 2 aromatic heterocycles.